The molecule has 2 heteroatoms. The fourth-order valence-electron chi connectivity index (χ4n) is 3.00. The summed E-state index contributed by atoms with van der Waals surface area (Å²) in [4.78, 5) is 2.26. The van der Waals surface area contributed by atoms with E-state index in [0.29, 0.717) is 0 Å². The molecule has 0 saturated carbocycles. The smallest absolute Gasteiger partial charge is 0.0483 e. The highest BCUT2D eigenvalue weighted by atomic mass is 15.1. The third-order valence-corrected chi connectivity index (χ3v) is 4.46. The Morgan fingerprint density at radius 2 is 1.68 bits per heavy atom. The highest BCUT2D eigenvalue weighted by Crippen LogP contribution is 2.24. The van der Waals surface area contributed by atoms with Gasteiger partial charge in [0.1, 0.15) is 0 Å². The summed E-state index contributed by atoms with van der Waals surface area (Å²) in [5, 5.41) is 1.37. The molecule has 0 aliphatic carbocycles. The maximum Gasteiger partial charge on any atom is 0.0483 e. The summed E-state index contributed by atoms with van der Waals surface area (Å²) in [6, 6.07) is 17.6. The highest BCUT2D eigenvalue weighted by Gasteiger charge is 2.08. The maximum absolute atomic E-state index is 2.34. The van der Waals surface area contributed by atoms with Gasteiger partial charge in [-0.2, -0.15) is 0 Å². The molecule has 0 bridgehead atoms. The van der Waals surface area contributed by atoms with E-state index >= 15 is 0 Å². The Bertz CT molecular complexity index is 753. The largest absolute Gasteiger partial charge is 0.375 e. The standard InChI is InChI=1S/C20H24N2/c1-4-21(3)18-12-10-16(11-13-18)14-17-15-22(5-2)20-9-7-6-8-19(17)20/h6-13,15H,4-5,14H2,1-3H3. The molecule has 3 rings (SSSR count). The number of anilines is 1. The summed E-state index contributed by atoms with van der Waals surface area (Å²) >= 11 is 0. The van der Waals surface area contributed by atoms with Gasteiger partial charge in [-0.25, -0.2) is 0 Å². The summed E-state index contributed by atoms with van der Waals surface area (Å²) in [5.74, 6) is 0. The van der Waals surface area contributed by atoms with Crippen LogP contribution >= 0.6 is 0 Å². The lowest BCUT2D eigenvalue weighted by Gasteiger charge is -2.16. The SMILES string of the molecule is CCN(C)c1ccc(Cc2cn(CC)c3ccccc23)cc1. The second kappa shape index (κ2) is 6.27. The molecule has 0 radical (unpaired) electrons. The Balaban J connectivity index is 1.90. The van der Waals surface area contributed by atoms with Gasteiger partial charge in [0.05, 0.1) is 0 Å². The topological polar surface area (TPSA) is 8.17 Å². The first-order valence-electron chi connectivity index (χ1n) is 8.09. The fourth-order valence-corrected chi connectivity index (χ4v) is 3.00. The Morgan fingerprint density at radius 3 is 2.36 bits per heavy atom. The second-order valence-electron chi connectivity index (χ2n) is 5.81. The number of nitrogens with zero attached hydrogens (tertiary/aromatic N) is 2. The molecule has 0 aliphatic rings. The Morgan fingerprint density at radius 1 is 0.955 bits per heavy atom. The molecular weight excluding hydrogens is 268 g/mol. The van der Waals surface area contributed by atoms with Gasteiger partial charge < -0.3 is 9.47 Å². The number of hydrogen-bond donors (Lipinski definition) is 0. The number of fused-ring (bicyclic) bond motifs is 1. The minimum absolute atomic E-state index is 0.990. The zero-order chi connectivity index (χ0) is 15.5. The van der Waals surface area contributed by atoms with E-state index in [1.165, 1.54) is 27.7 Å². The van der Waals surface area contributed by atoms with E-state index < -0.39 is 0 Å². The molecule has 1 aromatic heterocycles. The first kappa shape index (κ1) is 14.7. The van der Waals surface area contributed by atoms with Crippen LogP contribution in [0.15, 0.2) is 54.7 Å². The number of hydrogen-bond acceptors (Lipinski definition) is 1. The van der Waals surface area contributed by atoms with Crippen LogP contribution in [0, 0.1) is 0 Å². The van der Waals surface area contributed by atoms with E-state index in [4.69, 9.17) is 0 Å². The van der Waals surface area contributed by atoms with Gasteiger partial charge in [0.2, 0.25) is 0 Å². The summed E-state index contributed by atoms with van der Waals surface area (Å²) in [7, 11) is 2.13. The number of aryl methyl sites for hydroxylation is 1. The van der Waals surface area contributed by atoms with Crippen LogP contribution in [0.5, 0.6) is 0 Å². The van der Waals surface area contributed by atoms with E-state index in [0.717, 1.165) is 19.5 Å². The number of rotatable bonds is 5. The van der Waals surface area contributed by atoms with Crippen molar-refractivity contribution in [2.24, 2.45) is 0 Å². The number of benzene rings is 2. The first-order chi connectivity index (χ1) is 10.7. The van der Waals surface area contributed by atoms with Crippen molar-refractivity contribution in [1.82, 2.24) is 4.57 Å². The van der Waals surface area contributed by atoms with Crippen molar-refractivity contribution in [1.29, 1.82) is 0 Å². The van der Waals surface area contributed by atoms with Crippen LogP contribution < -0.4 is 4.90 Å². The Labute approximate surface area is 133 Å². The quantitative estimate of drug-likeness (QED) is 0.661. The molecule has 0 aliphatic heterocycles. The lowest BCUT2D eigenvalue weighted by atomic mass is 10.0. The zero-order valence-electron chi connectivity index (χ0n) is 13.7. The lowest BCUT2D eigenvalue weighted by Crippen LogP contribution is -2.15. The second-order valence-corrected chi connectivity index (χ2v) is 5.81. The van der Waals surface area contributed by atoms with Gasteiger partial charge in [-0.1, -0.05) is 30.3 Å². The predicted molar refractivity (Wildman–Crippen MR) is 95.8 cm³/mol. The molecule has 114 valence electrons. The normalized spacial score (nSPS) is 11.0. The Kier molecular flexibility index (Phi) is 4.19. The van der Waals surface area contributed by atoms with E-state index in [1.807, 2.05) is 0 Å². The molecule has 0 atom stereocenters. The minimum atomic E-state index is 0.990. The molecular formula is C20H24N2. The molecule has 3 aromatic rings. The van der Waals surface area contributed by atoms with Crippen molar-refractivity contribution in [3.63, 3.8) is 0 Å². The van der Waals surface area contributed by atoms with Gasteiger partial charge in [0.25, 0.3) is 0 Å². The molecule has 0 fully saturated rings. The summed E-state index contributed by atoms with van der Waals surface area (Å²) < 4.78 is 2.34. The third kappa shape index (κ3) is 2.74. The van der Waals surface area contributed by atoms with Crippen LogP contribution in [-0.2, 0) is 13.0 Å². The van der Waals surface area contributed by atoms with Crippen LogP contribution in [0.25, 0.3) is 10.9 Å². The van der Waals surface area contributed by atoms with Crippen LogP contribution in [0.4, 0.5) is 5.69 Å². The molecule has 0 amide bonds. The number of para-hydroxylation sites is 1. The molecule has 22 heavy (non-hydrogen) atoms. The van der Waals surface area contributed by atoms with Crippen molar-refractivity contribution >= 4 is 16.6 Å². The van der Waals surface area contributed by atoms with Crippen molar-refractivity contribution in [2.45, 2.75) is 26.8 Å². The van der Waals surface area contributed by atoms with E-state index in [2.05, 4.69) is 85.1 Å². The van der Waals surface area contributed by atoms with Crippen molar-refractivity contribution < 1.29 is 0 Å². The minimum Gasteiger partial charge on any atom is -0.375 e. The van der Waals surface area contributed by atoms with Gasteiger partial charge in [0, 0.05) is 42.9 Å². The molecule has 2 nitrogen and oxygen atoms in total. The summed E-state index contributed by atoms with van der Waals surface area (Å²) in [5.41, 5.74) is 5.39. The predicted octanol–water partition coefficient (Wildman–Crippen LogP) is 4.71. The average Bonchev–Trinajstić information content (AvgIpc) is 2.93. The first-order valence-corrected chi connectivity index (χ1v) is 8.09. The fraction of sp³-hybridized carbons (Fsp3) is 0.300. The molecule has 2 aromatic carbocycles. The van der Waals surface area contributed by atoms with Gasteiger partial charge in [-0.05, 0) is 49.6 Å². The van der Waals surface area contributed by atoms with Crippen LogP contribution in [0.1, 0.15) is 25.0 Å². The number of aromatic nitrogens is 1. The molecule has 1 heterocycles. The molecule has 0 saturated heterocycles. The van der Waals surface area contributed by atoms with Crippen LogP contribution in [0.3, 0.4) is 0 Å². The van der Waals surface area contributed by atoms with Crippen molar-refractivity contribution in [2.75, 3.05) is 18.5 Å². The molecule has 0 N–H and O–H groups in total. The summed E-state index contributed by atoms with van der Waals surface area (Å²) in [6.07, 6.45) is 3.29. The highest BCUT2D eigenvalue weighted by molar-refractivity contribution is 5.84. The lowest BCUT2D eigenvalue weighted by molar-refractivity contribution is 0.793. The van der Waals surface area contributed by atoms with Crippen molar-refractivity contribution in [3.05, 3.63) is 65.9 Å². The van der Waals surface area contributed by atoms with Crippen LogP contribution in [0.2, 0.25) is 0 Å². The van der Waals surface area contributed by atoms with E-state index in [9.17, 15) is 0 Å². The zero-order valence-corrected chi connectivity index (χ0v) is 13.7. The van der Waals surface area contributed by atoms with Gasteiger partial charge >= 0.3 is 0 Å². The maximum atomic E-state index is 2.34. The molecule has 0 unspecified atom stereocenters. The summed E-state index contributed by atoms with van der Waals surface area (Å²) in [6.45, 7) is 6.42. The average molecular weight is 292 g/mol. The molecule has 0 spiro atoms. The van der Waals surface area contributed by atoms with Gasteiger partial charge in [-0.3, -0.25) is 0 Å². The van der Waals surface area contributed by atoms with Crippen LogP contribution in [-0.4, -0.2) is 18.2 Å². The van der Waals surface area contributed by atoms with E-state index in [1.54, 1.807) is 0 Å². The van der Waals surface area contributed by atoms with Gasteiger partial charge in [0.15, 0.2) is 0 Å². The monoisotopic (exact) mass is 292 g/mol. The van der Waals surface area contributed by atoms with E-state index in [-0.39, 0.29) is 0 Å². The Hall–Kier alpha value is -2.22. The third-order valence-electron chi connectivity index (χ3n) is 4.46. The van der Waals surface area contributed by atoms with Gasteiger partial charge in [-0.15, -0.1) is 0 Å². The van der Waals surface area contributed by atoms with Crippen molar-refractivity contribution in [3.8, 4) is 0 Å².